The summed E-state index contributed by atoms with van der Waals surface area (Å²) in [5.41, 5.74) is 1.30. The Bertz CT molecular complexity index is 245. The van der Waals surface area contributed by atoms with Crippen LogP contribution in [0.25, 0.3) is 0 Å². The lowest BCUT2D eigenvalue weighted by atomic mass is 10.2. The topological polar surface area (TPSA) is 12.9 Å². The SMILES string of the molecule is CCCCc1nc(Br)sc1CC. The van der Waals surface area contributed by atoms with E-state index in [9.17, 15) is 0 Å². The fourth-order valence-corrected chi connectivity index (χ4v) is 2.74. The van der Waals surface area contributed by atoms with Gasteiger partial charge < -0.3 is 0 Å². The minimum absolute atomic E-state index is 1.03. The molecule has 1 rings (SSSR count). The molecule has 0 saturated carbocycles. The summed E-state index contributed by atoms with van der Waals surface area (Å²) >= 11 is 5.19. The molecule has 1 nitrogen and oxygen atoms in total. The summed E-state index contributed by atoms with van der Waals surface area (Å²) in [5.74, 6) is 0. The molecule has 0 atom stereocenters. The van der Waals surface area contributed by atoms with E-state index in [1.54, 1.807) is 11.3 Å². The molecule has 1 aromatic heterocycles. The summed E-state index contributed by atoms with van der Waals surface area (Å²) in [4.78, 5) is 5.89. The molecule has 68 valence electrons. The minimum Gasteiger partial charge on any atom is -0.234 e. The van der Waals surface area contributed by atoms with Crippen LogP contribution >= 0.6 is 27.3 Å². The number of unbranched alkanes of at least 4 members (excludes halogenated alkanes) is 1. The van der Waals surface area contributed by atoms with Gasteiger partial charge in [-0.25, -0.2) is 4.98 Å². The second-order valence-corrected chi connectivity index (χ2v) is 5.15. The monoisotopic (exact) mass is 247 g/mol. The van der Waals surface area contributed by atoms with E-state index in [2.05, 4.69) is 34.8 Å². The molecule has 0 aliphatic carbocycles. The second kappa shape index (κ2) is 4.97. The summed E-state index contributed by atoms with van der Waals surface area (Å²) in [6.45, 7) is 4.41. The van der Waals surface area contributed by atoms with Crippen molar-refractivity contribution in [2.75, 3.05) is 0 Å². The average Bonchev–Trinajstić information content (AvgIpc) is 2.42. The zero-order chi connectivity index (χ0) is 8.97. The van der Waals surface area contributed by atoms with Crippen LogP contribution in [0, 0.1) is 0 Å². The van der Waals surface area contributed by atoms with Crippen LogP contribution < -0.4 is 0 Å². The number of hydrogen-bond acceptors (Lipinski definition) is 2. The highest BCUT2D eigenvalue weighted by atomic mass is 79.9. The number of hydrogen-bond donors (Lipinski definition) is 0. The van der Waals surface area contributed by atoms with Crippen LogP contribution in [0.3, 0.4) is 0 Å². The lowest BCUT2D eigenvalue weighted by Gasteiger charge is -1.96. The van der Waals surface area contributed by atoms with Gasteiger partial charge in [0.1, 0.15) is 0 Å². The summed E-state index contributed by atoms with van der Waals surface area (Å²) in [5, 5.41) is 0. The molecule has 0 bridgehead atoms. The van der Waals surface area contributed by atoms with Gasteiger partial charge in [0.2, 0.25) is 0 Å². The zero-order valence-electron chi connectivity index (χ0n) is 7.56. The van der Waals surface area contributed by atoms with Gasteiger partial charge in [0.25, 0.3) is 0 Å². The Morgan fingerprint density at radius 1 is 1.42 bits per heavy atom. The average molecular weight is 248 g/mol. The quantitative estimate of drug-likeness (QED) is 0.789. The van der Waals surface area contributed by atoms with Gasteiger partial charge in [0.15, 0.2) is 3.92 Å². The standard InChI is InChI=1S/C9H14BrNS/c1-3-5-6-7-8(4-2)12-9(10)11-7/h3-6H2,1-2H3. The Hall–Kier alpha value is 0.110. The number of thiazole rings is 1. The molecule has 1 heterocycles. The van der Waals surface area contributed by atoms with Crippen molar-refractivity contribution in [3.05, 3.63) is 14.5 Å². The molecule has 0 unspecified atom stereocenters. The van der Waals surface area contributed by atoms with Gasteiger partial charge in [0, 0.05) is 4.88 Å². The van der Waals surface area contributed by atoms with Gasteiger partial charge in [-0.05, 0) is 35.2 Å². The Morgan fingerprint density at radius 2 is 2.17 bits per heavy atom. The molecule has 0 aromatic carbocycles. The van der Waals surface area contributed by atoms with Crippen molar-refractivity contribution in [3.8, 4) is 0 Å². The summed E-state index contributed by atoms with van der Waals surface area (Å²) in [6.07, 6.45) is 4.76. The van der Waals surface area contributed by atoms with E-state index in [0.717, 1.165) is 16.8 Å². The maximum atomic E-state index is 4.45. The van der Waals surface area contributed by atoms with Gasteiger partial charge in [-0.3, -0.25) is 0 Å². The van der Waals surface area contributed by atoms with Gasteiger partial charge in [-0.2, -0.15) is 0 Å². The Balaban J connectivity index is 2.68. The maximum absolute atomic E-state index is 4.45. The Labute approximate surface area is 86.3 Å². The van der Waals surface area contributed by atoms with Crippen LogP contribution in [0.2, 0.25) is 0 Å². The highest BCUT2D eigenvalue weighted by molar-refractivity contribution is 9.11. The smallest absolute Gasteiger partial charge is 0.159 e. The van der Waals surface area contributed by atoms with E-state index >= 15 is 0 Å². The largest absolute Gasteiger partial charge is 0.234 e. The first-order valence-corrected chi connectivity index (χ1v) is 6.03. The summed E-state index contributed by atoms with van der Waals surface area (Å²) in [6, 6.07) is 0. The van der Waals surface area contributed by atoms with Crippen molar-refractivity contribution in [2.45, 2.75) is 39.5 Å². The van der Waals surface area contributed by atoms with E-state index < -0.39 is 0 Å². The number of nitrogens with zero attached hydrogens (tertiary/aromatic N) is 1. The van der Waals surface area contributed by atoms with Gasteiger partial charge in [-0.15, -0.1) is 11.3 Å². The first-order chi connectivity index (χ1) is 5.77. The molecule has 3 heteroatoms. The van der Waals surface area contributed by atoms with Crippen LogP contribution in [0.4, 0.5) is 0 Å². The van der Waals surface area contributed by atoms with Crippen molar-refractivity contribution < 1.29 is 0 Å². The number of rotatable bonds is 4. The van der Waals surface area contributed by atoms with Gasteiger partial charge >= 0.3 is 0 Å². The molecule has 0 N–H and O–H groups in total. The number of aromatic nitrogens is 1. The predicted octanol–water partition coefficient (Wildman–Crippen LogP) is 3.81. The molecule has 0 saturated heterocycles. The molecule has 0 amide bonds. The van der Waals surface area contributed by atoms with Crippen LogP contribution in [0.5, 0.6) is 0 Å². The van der Waals surface area contributed by atoms with Crippen molar-refractivity contribution in [2.24, 2.45) is 0 Å². The van der Waals surface area contributed by atoms with Gasteiger partial charge in [0.05, 0.1) is 5.69 Å². The second-order valence-electron chi connectivity index (χ2n) is 2.79. The third-order valence-electron chi connectivity index (χ3n) is 1.84. The van der Waals surface area contributed by atoms with E-state index in [1.165, 1.54) is 23.4 Å². The normalized spacial score (nSPS) is 10.6. The van der Waals surface area contributed by atoms with E-state index in [0.29, 0.717) is 0 Å². The molecule has 0 fully saturated rings. The highest BCUT2D eigenvalue weighted by Gasteiger charge is 2.06. The summed E-state index contributed by atoms with van der Waals surface area (Å²) < 4.78 is 1.03. The van der Waals surface area contributed by atoms with Crippen LogP contribution in [-0.2, 0) is 12.8 Å². The van der Waals surface area contributed by atoms with E-state index in [4.69, 9.17) is 0 Å². The number of aryl methyl sites for hydroxylation is 2. The fraction of sp³-hybridized carbons (Fsp3) is 0.667. The molecule has 1 aromatic rings. The molecular formula is C9H14BrNS. The molecule has 0 aliphatic heterocycles. The molecular weight excluding hydrogens is 234 g/mol. The van der Waals surface area contributed by atoms with E-state index in [-0.39, 0.29) is 0 Å². The fourth-order valence-electron chi connectivity index (χ4n) is 1.17. The van der Waals surface area contributed by atoms with Crippen molar-refractivity contribution >= 4 is 27.3 Å². The Morgan fingerprint density at radius 3 is 2.75 bits per heavy atom. The first-order valence-electron chi connectivity index (χ1n) is 4.42. The Kier molecular flexibility index (Phi) is 4.22. The lowest BCUT2D eigenvalue weighted by Crippen LogP contribution is -1.89. The van der Waals surface area contributed by atoms with E-state index in [1.807, 2.05) is 0 Å². The third-order valence-corrected chi connectivity index (χ3v) is 3.53. The lowest BCUT2D eigenvalue weighted by molar-refractivity contribution is 0.773. The molecule has 0 radical (unpaired) electrons. The predicted molar refractivity (Wildman–Crippen MR) is 57.8 cm³/mol. The summed E-state index contributed by atoms with van der Waals surface area (Å²) in [7, 11) is 0. The van der Waals surface area contributed by atoms with Crippen molar-refractivity contribution in [1.29, 1.82) is 0 Å². The minimum atomic E-state index is 1.03. The zero-order valence-corrected chi connectivity index (χ0v) is 9.96. The highest BCUT2D eigenvalue weighted by Crippen LogP contribution is 2.24. The maximum Gasteiger partial charge on any atom is 0.159 e. The first kappa shape index (κ1) is 10.2. The molecule has 12 heavy (non-hydrogen) atoms. The van der Waals surface area contributed by atoms with Crippen LogP contribution in [-0.4, -0.2) is 4.98 Å². The van der Waals surface area contributed by atoms with Gasteiger partial charge in [-0.1, -0.05) is 20.3 Å². The van der Waals surface area contributed by atoms with Crippen molar-refractivity contribution in [1.82, 2.24) is 4.98 Å². The molecule has 0 aliphatic rings. The van der Waals surface area contributed by atoms with Crippen molar-refractivity contribution in [3.63, 3.8) is 0 Å². The molecule has 0 spiro atoms. The third kappa shape index (κ3) is 2.56. The van der Waals surface area contributed by atoms with Crippen LogP contribution in [0.15, 0.2) is 3.92 Å². The number of halogens is 1. The van der Waals surface area contributed by atoms with Crippen LogP contribution in [0.1, 0.15) is 37.3 Å².